The number of phenolic OH excluding ortho intramolecular Hbond substituents is 1. The molecule has 50 heavy (non-hydrogen) atoms. The summed E-state index contributed by atoms with van der Waals surface area (Å²) in [4.78, 5) is 36.6. The van der Waals surface area contributed by atoms with Crippen LogP contribution >= 0.6 is 0 Å². The molecule has 0 saturated carbocycles. The fourth-order valence-corrected chi connectivity index (χ4v) is 7.96. The van der Waals surface area contributed by atoms with Crippen molar-refractivity contribution in [3.05, 3.63) is 65.4 Å². The third kappa shape index (κ3) is 5.27. The van der Waals surface area contributed by atoms with Crippen LogP contribution in [0.5, 0.6) is 11.8 Å². The van der Waals surface area contributed by atoms with Crippen molar-refractivity contribution in [1.29, 1.82) is 0 Å². The molecule has 0 bridgehead atoms. The summed E-state index contributed by atoms with van der Waals surface area (Å²) in [5.74, 6) is -0.537. The van der Waals surface area contributed by atoms with Crippen LogP contribution in [0.1, 0.15) is 48.1 Å². The number of anilines is 1. The Kier molecular flexibility index (Phi) is 7.81. The number of aromatic nitrogens is 5. The number of rotatable bonds is 7. The first kappa shape index (κ1) is 32.2. The predicted octanol–water partition coefficient (Wildman–Crippen LogP) is 5.26. The summed E-state index contributed by atoms with van der Waals surface area (Å²) < 4.78 is 54.7. The van der Waals surface area contributed by atoms with Crippen LogP contribution in [-0.4, -0.2) is 97.4 Å². The number of pyridine rings is 1. The van der Waals surface area contributed by atoms with Gasteiger partial charge in [-0.2, -0.15) is 9.97 Å². The number of hydrogen-bond acceptors (Lipinski definition) is 9. The molecular weight excluding hydrogens is 649 g/mol. The first-order chi connectivity index (χ1) is 24.0. The molecule has 2 saturated heterocycles. The van der Waals surface area contributed by atoms with E-state index in [1.54, 1.807) is 26.4 Å². The van der Waals surface area contributed by atoms with E-state index in [1.807, 2.05) is 16.4 Å². The molecule has 11 nitrogen and oxygen atoms in total. The van der Waals surface area contributed by atoms with Crippen molar-refractivity contribution < 1.29 is 27.8 Å². The number of aryl methyl sites for hydroxylation is 1. The van der Waals surface area contributed by atoms with Crippen molar-refractivity contribution in [1.82, 2.24) is 34.3 Å². The Morgan fingerprint density at radius 1 is 1.14 bits per heavy atom. The lowest BCUT2D eigenvalue weighted by molar-refractivity contribution is 0.0822. The molecular formula is C36H37F3N8O3. The largest absolute Gasteiger partial charge is 0.508 e. The van der Waals surface area contributed by atoms with Gasteiger partial charge in [-0.25, -0.2) is 18.2 Å². The number of carbonyl (C=O) groups is 1. The monoisotopic (exact) mass is 686 g/mol. The molecule has 0 aliphatic carbocycles. The Hall–Kier alpha value is -4.98. The van der Waals surface area contributed by atoms with Crippen LogP contribution in [0.2, 0.25) is 0 Å². The Bertz CT molecular complexity index is 2170. The van der Waals surface area contributed by atoms with Gasteiger partial charge in [0, 0.05) is 58.1 Å². The summed E-state index contributed by atoms with van der Waals surface area (Å²) >= 11 is 0. The molecule has 3 aliphatic rings. The standard InChI is InChI=1S/C36H37F3N8O3/c1-4-23-26(38)7-6-20-12-22(48)13-24(29(20)23)31-30(39)32-25(15-40-31)33(46-11-10-45-17-27(34(49)44(2)3)41-28(45)18-46)43-35(42-32)50-19-36-8-5-9-47(36)16-21(37)14-36/h6-7,12-13,15,17,21,48H,4-5,8-11,14,16,18-19H2,1-3H3/t21-,36+/m1/s1. The number of benzene rings is 2. The van der Waals surface area contributed by atoms with Gasteiger partial charge in [0.25, 0.3) is 5.91 Å². The molecule has 14 heteroatoms. The third-order valence-electron chi connectivity index (χ3n) is 10.4. The zero-order chi connectivity index (χ0) is 34.9. The van der Waals surface area contributed by atoms with E-state index in [0.29, 0.717) is 71.5 Å². The molecule has 260 valence electrons. The van der Waals surface area contributed by atoms with Gasteiger partial charge < -0.3 is 24.2 Å². The quantitative estimate of drug-likeness (QED) is 0.245. The minimum absolute atomic E-state index is 0.0612. The number of amides is 1. The third-order valence-corrected chi connectivity index (χ3v) is 10.4. The normalized spacial score (nSPS) is 20.4. The van der Waals surface area contributed by atoms with Crippen molar-refractivity contribution in [2.24, 2.45) is 0 Å². The van der Waals surface area contributed by atoms with Gasteiger partial charge >= 0.3 is 6.01 Å². The number of alkyl halides is 1. The second-order valence-electron chi connectivity index (χ2n) is 13.7. The molecule has 0 spiro atoms. The number of fused-ring (bicyclic) bond motifs is 4. The van der Waals surface area contributed by atoms with E-state index in [4.69, 9.17) is 9.72 Å². The van der Waals surface area contributed by atoms with Gasteiger partial charge in [0.05, 0.1) is 17.5 Å². The van der Waals surface area contributed by atoms with Crippen LogP contribution in [0, 0.1) is 11.6 Å². The Balaban J connectivity index is 1.25. The maximum atomic E-state index is 17.0. The molecule has 2 fully saturated rings. The summed E-state index contributed by atoms with van der Waals surface area (Å²) in [5.41, 5.74) is 0.291. The lowest BCUT2D eigenvalue weighted by Gasteiger charge is -2.31. The highest BCUT2D eigenvalue weighted by Crippen LogP contribution is 2.42. The van der Waals surface area contributed by atoms with Gasteiger partial charge in [-0.1, -0.05) is 13.0 Å². The second-order valence-corrected chi connectivity index (χ2v) is 13.7. The van der Waals surface area contributed by atoms with E-state index < -0.39 is 23.3 Å². The van der Waals surface area contributed by atoms with E-state index >= 15 is 8.78 Å². The fraction of sp³-hybridized carbons (Fsp3) is 0.417. The average Bonchev–Trinajstić information content (AvgIpc) is 3.78. The zero-order valence-electron chi connectivity index (χ0n) is 28.1. The van der Waals surface area contributed by atoms with Gasteiger partial charge in [-0.3, -0.25) is 14.7 Å². The summed E-state index contributed by atoms with van der Waals surface area (Å²) in [6.45, 7) is 4.33. The van der Waals surface area contributed by atoms with Gasteiger partial charge in [0.1, 0.15) is 52.9 Å². The zero-order valence-corrected chi connectivity index (χ0v) is 28.1. The first-order valence-electron chi connectivity index (χ1n) is 16.9. The fourth-order valence-electron chi connectivity index (χ4n) is 7.96. The topological polar surface area (TPSA) is 113 Å². The number of halogens is 3. The van der Waals surface area contributed by atoms with Crippen LogP contribution in [-0.2, 0) is 19.5 Å². The molecule has 0 radical (unpaired) electrons. The van der Waals surface area contributed by atoms with E-state index in [1.165, 1.54) is 29.3 Å². The summed E-state index contributed by atoms with van der Waals surface area (Å²) in [6, 6.07) is 5.71. The van der Waals surface area contributed by atoms with Gasteiger partial charge in [0.15, 0.2) is 5.82 Å². The maximum Gasteiger partial charge on any atom is 0.319 e. The lowest BCUT2D eigenvalue weighted by Crippen LogP contribution is -2.43. The predicted molar refractivity (Wildman–Crippen MR) is 181 cm³/mol. The Labute approximate surface area is 286 Å². The van der Waals surface area contributed by atoms with Gasteiger partial charge in [-0.15, -0.1) is 0 Å². The number of imidazole rings is 1. The van der Waals surface area contributed by atoms with Crippen LogP contribution in [0.4, 0.5) is 19.0 Å². The summed E-state index contributed by atoms with van der Waals surface area (Å²) in [5, 5.41) is 11.9. The number of nitrogens with zero attached hydrogens (tertiary/aromatic N) is 8. The molecule has 1 N–H and O–H groups in total. The van der Waals surface area contributed by atoms with Crippen molar-refractivity contribution in [3.63, 3.8) is 0 Å². The smallest absolute Gasteiger partial charge is 0.319 e. The summed E-state index contributed by atoms with van der Waals surface area (Å²) in [6.07, 6.45) is 4.66. The van der Waals surface area contributed by atoms with Gasteiger partial charge in [0.2, 0.25) is 0 Å². The number of ether oxygens (including phenoxy) is 1. The van der Waals surface area contributed by atoms with Crippen LogP contribution < -0.4 is 9.64 Å². The highest BCUT2D eigenvalue weighted by molar-refractivity contribution is 6.01. The van der Waals surface area contributed by atoms with E-state index in [2.05, 4.69) is 19.9 Å². The molecule has 6 heterocycles. The molecule has 0 unspecified atom stereocenters. The maximum absolute atomic E-state index is 17.0. The highest BCUT2D eigenvalue weighted by atomic mass is 19.1. The molecule has 2 aromatic carbocycles. The highest BCUT2D eigenvalue weighted by Gasteiger charge is 2.49. The van der Waals surface area contributed by atoms with E-state index in [-0.39, 0.29) is 47.6 Å². The average molecular weight is 687 g/mol. The Morgan fingerprint density at radius 2 is 1.98 bits per heavy atom. The summed E-state index contributed by atoms with van der Waals surface area (Å²) in [7, 11) is 3.33. The number of hydrogen-bond donors (Lipinski definition) is 1. The Morgan fingerprint density at radius 3 is 2.78 bits per heavy atom. The van der Waals surface area contributed by atoms with Crippen molar-refractivity contribution in [2.75, 3.05) is 45.2 Å². The minimum Gasteiger partial charge on any atom is -0.508 e. The number of carbonyl (C=O) groups excluding carboxylic acids is 1. The van der Waals surface area contributed by atoms with Crippen molar-refractivity contribution in [2.45, 2.75) is 57.4 Å². The SMILES string of the molecule is CCc1c(F)ccc2cc(O)cc(-c3ncc4c(N5CCn6cc(C(=O)N(C)C)nc6C5)nc(OC[C@@]56CCCN5C[C@H](F)C6)nc4c3F)c12. The second kappa shape index (κ2) is 12.1. The molecule has 3 aromatic heterocycles. The van der Waals surface area contributed by atoms with Crippen LogP contribution in [0.15, 0.2) is 36.7 Å². The minimum atomic E-state index is -0.950. The molecule has 3 aliphatic heterocycles. The van der Waals surface area contributed by atoms with Crippen LogP contribution in [0.25, 0.3) is 32.9 Å². The molecule has 5 aromatic rings. The lowest BCUT2D eigenvalue weighted by atomic mass is 9.94. The van der Waals surface area contributed by atoms with E-state index in [9.17, 15) is 14.3 Å². The van der Waals surface area contributed by atoms with Crippen molar-refractivity contribution >= 4 is 33.4 Å². The van der Waals surface area contributed by atoms with E-state index in [0.717, 1.165) is 19.4 Å². The molecule has 8 rings (SSSR count). The number of phenols is 1. The van der Waals surface area contributed by atoms with Crippen LogP contribution in [0.3, 0.4) is 0 Å². The molecule has 2 atom stereocenters. The van der Waals surface area contributed by atoms with Gasteiger partial charge in [-0.05, 0) is 60.3 Å². The molecule has 1 amide bonds. The number of aromatic hydroxyl groups is 1. The van der Waals surface area contributed by atoms with Crippen molar-refractivity contribution in [3.8, 4) is 23.0 Å². The first-order valence-corrected chi connectivity index (χ1v) is 16.9.